The number of nitrogens with zero attached hydrogens (tertiary/aromatic N) is 6. The van der Waals surface area contributed by atoms with Crippen molar-refractivity contribution in [1.29, 1.82) is 0 Å². The van der Waals surface area contributed by atoms with E-state index in [2.05, 4.69) is 67.9 Å². The summed E-state index contributed by atoms with van der Waals surface area (Å²) in [6.07, 6.45) is 8.59. The Morgan fingerprint density at radius 3 is 2.42 bits per heavy atom. The first kappa shape index (κ1) is 23.8. The molecule has 38 heavy (non-hydrogen) atoms. The lowest BCUT2D eigenvalue weighted by Gasteiger charge is -2.41. The summed E-state index contributed by atoms with van der Waals surface area (Å²) in [6, 6.07) is 17.7. The van der Waals surface area contributed by atoms with Crippen LogP contribution in [0.1, 0.15) is 31.7 Å². The van der Waals surface area contributed by atoms with Gasteiger partial charge in [0.05, 0.1) is 16.4 Å². The van der Waals surface area contributed by atoms with Crippen molar-refractivity contribution in [1.82, 2.24) is 34.3 Å². The van der Waals surface area contributed by atoms with Crippen molar-refractivity contribution in [3.63, 3.8) is 0 Å². The molecule has 194 valence electrons. The summed E-state index contributed by atoms with van der Waals surface area (Å²) in [6.45, 7) is 4.72. The highest BCUT2D eigenvalue weighted by atomic mass is 35.5. The van der Waals surface area contributed by atoms with E-state index < -0.39 is 0 Å². The zero-order valence-corrected chi connectivity index (χ0v) is 22.4. The molecule has 7 nitrogen and oxygen atoms in total. The van der Waals surface area contributed by atoms with Gasteiger partial charge in [0.15, 0.2) is 0 Å². The van der Waals surface area contributed by atoms with Crippen LogP contribution in [0, 0.1) is 0 Å². The summed E-state index contributed by atoms with van der Waals surface area (Å²) in [7, 11) is 2.22. The van der Waals surface area contributed by atoms with Crippen molar-refractivity contribution in [2.45, 2.75) is 37.8 Å². The molecule has 0 radical (unpaired) electrons. The molecule has 8 heteroatoms. The topological polar surface area (TPSA) is 65.9 Å². The van der Waals surface area contributed by atoms with Crippen molar-refractivity contribution in [2.24, 2.45) is 0 Å². The van der Waals surface area contributed by atoms with Crippen molar-refractivity contribution < 1.29 is 0 Å². The van der Waals surface area contributed by atoms with Gasteiger partial charge < -0.3 is 14.5 Å². The third-order valence-electron chi connectivity index (χ3n) is 8.52. The molecular formula is C30H32ClN7. The van der Waals surface area contributed by atoms with Gasteiger partial charge in [0.1, 0.15) is 23.0 Å². The minimum Gasteiger partial charge on any atom is -0.338 e. The molecule has 2 fully saturated rings. The summed E-state index contributed by atoms with van der Waals surface area (Å²) >= 11 is 6.71. The van der Waals surface area contributed by atoms with Gasteiger partial charge in [-0.1, -0.05) is 48.0 Å². The van der Waals surface area contributed by atoms with E-state index in [1.165, 1.54) is 39.0 Å². The number of aromatic amines is 1. The number of benzene rings is 2. The van der Waals surface area contributed by atoms with Crippen LogP contribution in [0.15, 0.2) is 61.1 Å². The highest BCUT2D eigenvalue weighted by Crippen LogP contribution is 2.40. The monoisotopic (exact) mass is 525 g/mol. The average Bonchev–Trinajstić information content (AvgIpc) is 3.57. The van der Waals surface area contributed by atoms with E-state index in [1.807, 2.05) is 18.2 Å². The Morgan fingerprint density at radius 1 is 0.868 bits per heavy atom. The fraction of sp³-hybridized carbons (Fsp3) is 0.367. The van der Waals surface area contributed by atoms with E-state index in [9.17, 15) is 0 Å². The van der Waals surface area contributed by atoms with Gasteiger partial charge in [-0.05, 0) is 50.4 Å². The molecule has 2 aromatic carbocycles. The minimum absolute atomic E-state index is 0.416. The summed E-state index contributed by atoms with van der Waals surface area (Å²) in [5.74, 6) is 0.874. The number of halogens is 1. The standard InChI is InChI=1S/C30H32ClN7/c1-36-13-15-37(16-14-36)22-8-10-23(11-9-22)38-18-24(27-28(31)32-19-33-30(27)38)21-7-12-25-26(17-21)35-29(34-25)20-5-3-2-4-6-20/h2-7,12,17-19,22-23H,8-11,13-16H2,1H3,(H,34,35). The number of imidazole rings is 1. The fourth-order valence-corrected chi connectivity index (χ4v) is 6.57. The largest absolute Gasteiger partial charge is 0.338 e. The summed E-state index contributed by atoms with van der Waals surface area (Å²) in [5.41, 5.74) is 6.09. The quantitative estimate of drug-likeness (QED) is 0.290. The third-order valence-corrected chi connectivity index (χ3v) is 8.80. The number of rotatable bonds is 4. The number of nitrogens with one attached hydrogen (secondary N) is 1. The van der Waals surface area contributed by atoms with E-state index >= 15 is 0 Å². The Kier molecular flexibility index (Phi) is 6.15. The lowest BCUT2D eigenvalue weighted by Crippen LogP contribution is -2.49. The molecule has 1 aliphatic heterocycles. The number of H-pyrrole nitrogens is 1. The zero-order valence-electron chi connectivity index (χ0n) is 21.6. The van der Waals surface area contributed by atoms with Crippen molar-refractivity contribution >= 4 is 33.7 Å². The van der Waals surface area contributed by atoms with E-state index in [0.29, 0.717) is 17.2 Å². The summed E-state index contributed by atoms with van der Waals surface area (Å²) < 4.78 is 2.36. The lowest BCUT2D eigenvalue weighted by molar-refractivity contribution is 0.0828. The van der Waals surface area contributed by atoms with E-state index in [4.69, 9.17) is 21.6 Å². The first-order chi connectivity index (χ1) is 18.6. The summed E-state index contributed by atoms with van der Waals surface area (Å²) in [5, 5.41) is 1.43. The SMILES string of the molecule is CN1CCN(C2CCC(n3cc(-c4ccc5[nH]c(-c6ccccc6)nc5c4)c4c(Cl)ncnc43)CC2)CC1. The number of hydrogen-bond acceptors (Lipinski definition) is 5. The van der Waals surface area contributed by atoms with Gasteiger partial charge in [-0.2, -0.15) is 0 Å². The van der Waals surface area contributed by atoms with Crippen LogP contribution in [0.4, 0.5) is 0 Å². The Labute approximate surface area is 227 Å². The Morgan fingerprint density at radius 2 is 1.63 bits per heavy atom. The average molecular weight is 526 g/mol. The molecule has 1 saturated carbocycles. The maximum absolute atomic E-state index is 6.71. The number of hydrogen-bond donors (Lipinski definition) is 1. The van der Waals surface area contributed by atoms with Crippen LogP contribution in [0.25, 0.3) is 44.6 Å². The number of piperazine rings is 1. The van der Waals surface area contributed by atoms with E-state index in [0.717, 1.165) is 57.4 Å². The van der Waals surface area contributed by atoms with Crippen LogP contribution in [0.2, 0.25) is 5.15 Å². The molecule has 4 heterocycles. The molecule has 5 aromatic rings. The van der Waals surface area contributed by atoms with E-state index in [-0.39, 0.29) is 0 Å². The second-order valence-corrected chi connectivity index (χ2v) is 11.2. The number of aromatic nitrogens is 5. The van der Waals surface area contributed by atoms with Crippen LogP contribution in [0.5, 0.6) is 0 Å². The molecule has 2 aliphatic rings. The highest BCUT2D eigenvalue weighted by molar-refractivity contribution is 6.35. The van der Waals surface area contributed by atoms with Crippen LogP contribution >= 0.6 is 11.6 Å². The normalized spacial score (nSPS) is 21.4. The minimum atomic E-state index is 0.416. The first-order valence-electron chi connectivity index (χ1n) is 13.6. The van der Waals surface area contributed by atoms with E-state index in [1.54, 1.807) is 6.33 Å². The van der Waals surface area contributed by atoms with Crippen molar-refractivity contribution in [2.75, 3.05) is 33.2 Å². The van der Waals surface area contributed by atoms with Gasteiger partial charge in [0.25, 0.3) is 0 Å². The molecule has 0 amide bonds. The Hall–Kier alpha value is -3.26. The zero-order chi connectivity index (χ0) is 25.6. The molecule has 1 aliphatic carbocycles. The van der Waals surface area contributed by atoms with Crippen LogP contribution in [0.3, 0.4) is 0 Å². The molecule has 0 spiro atoms. The maximum Gasteiger partial charge on any atom is 0.145 e. The third kappa shape index (κ3) is 4.28. The van der Waals surface area contributed by atoms with Crippen molar-refractivity contribution in [3.8, 4) is 22.5 Å². The first-order valence-corrected chi connectivity index (χ1v) is 14.0. The number of likely N-dealkylation sites (N-methyl/N-ethyl adjacent to an activating group) is 1. The Balaban J connectivity index is 1.20. The molecule has 3 aromatic heterocycles. The molecule has 1 saturated heterocycles. The molecule has 0 atom stereocenters. The van der Waals surface area contributed by atoms with Gasteiger partial charge >= 0.3 is 0 Å². The molecular weight excluding hydrogens is 494 g/mol. The maximum atomic E-state index is 6.71. The molecule has 0 bridgehead atoms. The predicted molar refractivity (Wildman–Crippen MR) is 153 cm³/mol. The second kappa shape index (κ2) is 9.80. The Bertz CT molecular complexity index is 1570. The molecule has 0 unspecified atom stereocenters. The lowest BCUT2D eigenvalue weighted by atomic mass is 9.89. The highest BCUT2D eigenvalue weighted by Gasteiger charge is 2.30. The summed E-state index contributed by atoms with van der Waals surface area (Å²) in [4.78, 5) is 22.5. The van der Waals surface area contributed by atoms with Crippen LogP contribution < -0.4 is 0 Å². The number of fused-ring (bicyclic) bond motifs is 2. The van der Waals surface area contributed by atoms with Gasteiger partial charge in [-0.25, -0.2) is 15.0 Å². The van der Waals surface area contributed by atoms with Crippen molar-refractivity contribution in [3.05, 3.63) is 66.2 Å². The fourth-order valence-electron chi connectivity index (χ4n) is 6.34. The van der Waals surface area contributed by atoms with Crippen LogP contribution in [-0.2, 0) is 0 Å². The predicted octanol–water partition coefficient (Wildman–Crippen LogP) is 6.03. The van der Waals surface area contributed by atoms with Gasteiger partial charge in [0, 0.05) is 55.6 Å². The van der Waals surface area contributed by atoms with Gasteiger partial charge in [-0.3, -0.25) is 4.90 Å². The molecule has 7 rings (SSSR count). The van der Waals surface area contributed by atoms with Crippen LogP contribution in [-0.4, -0.2) is 73.6 Å². The van der Waals surface area contributed by atoms with Gasteiger partial charge in [0.2, 0.25) is 0 Å². The van der Waals surface area contributed by atoms with Gasteiger partial charge in [-0.15, -0.1) is 0 Å². The molecule has 1 N–H and O–H groups in total. The smallest absolute Gasteiger partial charge is 0.145 e. The second-order valence-electron chi connectivity index (χ2n) is 10.8.